The van der Waals surface area contributed by atoms with Crippen LogP contribution in [0.2, 0.25) is 0 Å². The van der Waals surface area contributed by atoms with Crippen LogP contribution >= 0.6 is 11.3 Å². The number of ether oxygens (including phenoxy) is 2. The molecule has 56 heavy (non-hydrogen) atoms. The quantitative estimate of drug-likeness (QED) is 0.114. The van der Waals surface area contributed by atoms with Crippen LogP contribution in [0.4, 0.5) is 15.4 Å². The summed E-state index contributed by atoms with van der Waals surface area (Å²) in [6.45, 7) is 14.1. The fourth-order valence-corrected chi connectivity index (χ4v) is 8.02. The van der Waals surface area contributed by atoms with Gasteiger partial charge in [0.2, 0.25) is 0 Å². The summed E-state index contributed by atoms with van der Waals surface area (Å²) in [6.07, 6.45) is 1.17. The molecule has 0 saturated carbocycles. The number of fused-ring (bicyclic) bond motifs is 1. The number of amides is 2. The van der Waals surface area contributed by atoms with Gasteiger partial charge in [0.25, 0.3) is 10.0 Å². The third-order valence-corrected chi connectivity index (χ3v) is 11.4. The zero-order valence-corrected chi connectivity index (χ0v) is 33.8. The van der Waals surface area contributed by atoms with Gasteiger partial charge in [-0.25, -0.2) is 24.5 Å². The first-order chi connectivity index (χ1) is 26.3. The van der Waals surface area contributed by atoms with Crippen molar-refractivity contribution in [2.24, 2.45) is 5.41 Å². The average molecular weight is 802 g/mol. The van der Waals surface area contributed by atoms with Crippen molar-refractivity contribution in [3.05, 3.63) is 88.8 Å². The van der Waals surface area contributed by atoms with E-state index in [9.17, 15) is 23.1 Å². The normalized spacial score (nSPS) is 13.3. The summed E-state index contributed by atoms with van der Waals surface area (Å²) in [5.74, 6) is 0.568. The van der Waals surface area contributed by atoms with Crippen molar-refractivity contribution in [2.45, 2.75) is 77.8 Å². The zero-order valence-electron chi connectivity index (χ0n) is 32.2. The minimum absolute atomic E-state index is 0.0146. The molecule has 17 heteroatoms. The molecule has 5 heterocycles. The molecule has 1 aromatic carbocycles. The smallest absolute Gasteiger partial charge is 0.413 e. The molecular formula is C39H43N7O8S2. The van der Waals surface area contributed by atoms with Crippen molar-refractivity contribution in [2.75, 3.05) is 11.9 Å². The van der Waals surface area contributed by atoms with E-state index >= 15 is 0 Å². The summed E-state index contributed by atoms with van der Waals surface area (Å²) < 4.78 is 45.9. The van der Waals surface area contributed by atoms with Crippen LogP contribution < -0.4 is 15.4 Å². The Morgan fingerprint density at radius 3 is 2.34 bits per heavy atom. The number of aryl methyl sites for hydroxylation is 2. The van der Waals surface area contributed by atoms with Gasteiger partial charge in [-0.2, -0.15) is 24.9 Å². The minimum Gasteiger partial charge on any atom is -0.487 e. The predicted octanol–water partition coefficient (Wildman–Crippen LogP) is 8.08. The topological polar surface area (TPSA) is 201 Å². The first-order valence-corrected chi connectivity index (χ1v) is 19.9. The average Bonchev–Trinajstić information content (AvgIpc) is 3.87. The van der Waals surface area contributed by atoms with Gasteiger partial charge >= 0.3 is 12.2 Å². The van der Waals surface area contributed by atoms with E-state index in [1.807, 2.05) is 37.6 Å². The monoisotopic (exact) mass is 801 g/mol. The number of carboxylic acid groups (broad SMARTS) is 1. The van der Waals surface area contributed by atoms with Gasteiger partial charge < -0.3 is 24.3 Å². The molecule has 294 valence electrons. The van der Waals surface area contributed by atoms with Gasteiger partial charge in [0, 0.05) is 17.5 Å². The van der Waals surface area contributed by atoms with Crippen LogP contribution in [-0.4, -0.2) is 67.6 Å². The number of hydrogen-bond acceptors (Lipinski definition) is 12. The highest BCUT2D eigenvalue weighted by Crippen LogP contribution is 2.41. The largest absolute Gasteiger partial charge is 0.487 e. The van der Waals surface area contributed by atoms with Crippen molar-refractivity contribution in [3.63, 3.8) is 0 Å². The summed E-state index contributed by atoms with van der Waals surface area (Å²) >= 11 is 1.49. The lowest BCUT2D eigenvalue weighted by Gasteiger charge is -2.44. The molecule has 0 spiro atoms. The summed E-state index contributed by atoms with van der Waals surface area (Å²) in [5, 5.41) is 23.7. The number of benzene rings is 1. The van der Waals surface area contributed by atoms with Crippen LogP contribution in [0.1, 0.15) is 58.6 Å². The van der Waals surface area contributed by atoms with Crippen LogP contribution in [0.15, 0.2) is 81.1 Å². The fourth-order valence-electron chi connectivity index (χ4n) is 6.06. The van der Waals surface area contributed by atoms with Gasteiger partial charge in [-0.05, 0) is 86.7 Å². The minimum atomic E-state index is -4.11. The Hall–Kier alpha value is -5.81. The maximum atomic E-state index is 13.6. The maximum absolute atomic E-state index is 13.6. The molecule has 0 unspecified atom stereocenters. The number of hydrogen-bond donors (Lipinski definition) is 3. The second kappa shape index (κ2) is 15.0. The molecule has 6 aromatic rings. The Labute approximate surface area is 328 Å². The molecule has 15 nitrogen and oxygen atoms in total. The molecule has 0 fully saturated rings. The molecule has 3 N–H and O–H groups in total. The predicted molar refractivity (Wildman–Crippen MR) is 211 cm³/mol. The van der Waals surface area contributed by atoms with Crippen LogP contribution in [0, 0.1) is 19.3 Å². The van der Waals surface area contributed by atoms with Gasteiger partial charge in [-0.1, -0.05) is 39.0 Å². The number of furan rings is 1. The highest BCUT2D eigenvalue weighted by molar-refractivity contribution is 7.90. The molecule has 6 rings (SSSR count). The van der Waals surface area contributed by atoms with Crippen molar-refractivity contribution in [1.29, 1.82) is 0 Å². The number of carbonyl (C=O) groups excluding carboxylic acids is 1. The molecule has 0 saturated heterocycles. The Bertz CT molecular complexity index is 2500. The van der Waals surface area contributed by atoms with Gasteiger partial charge in [0.15, 0.2) is 17.2 Å². The lowest BCUT2D eigenvalue weighted by Crippen LogP contribution is -2.62. The second-order valence-corrected chi connectivity index (χ2v) is 17.8. The van der Waals surface area contributed by atoms with Crippen molar-refractivity contribution < 1.29 is 37.0 Å². The highest BCUT2D eigenvalue weighted by atomic mass is 32.2. The van der Waals surface area contributed by atoms with Crippen LogP contribution in [0.3, 0.4) is 0 Å². The van der Waals surface area contributed by atoms with E-state index < -0.39 is 38.8 Å². The Kier molecular flexibility index (Phi) is 10.7. The third kappa shape index (κ3) is 8.23. The number of rotatable bonds is 11. The lowest BCUT2D eigenvalue weighted by atomic mass is 9.71. The molecule has 0 bridgehead atoms. The molecule has 1 atom stereocenters. The van der Waals surface area contributed by atoms with E-state index in [4.69, 9.17) is 23.9 Å². The van der Waals surface area contributed by atoms with Gasteiger partial charge in [0.1, 0.15) is 23.5 Å². The number of nitrogens with one attached hydrogen (secondary N) is 2. The van der Waals surface area contributed by atoms with Gasteiger partial charge in [-0.3, -0.25) is 5.32 Å². The standard InChI is InChI=1S/C39H43N7O8S2/c1-23-31-34(46(45-23)56(50,51)26-12-10-9-11-13-26)40-20-29(41-31)28-18-30(53-22-39(37(3,4)5,44-35(47)48)19-25-15-17-55-21-25)33(43-36(49)54-38(6,7)8)42-32(28)27-14-16-52-24(27)2/h9-18,20-21,44H,19,22H2,1-8H3,(H,47,48)(H,42,43,49)/t39-/m1/s1. The Balaban J connectivity index is 1.53. The molecule has 0 radical (unpaired) electrons. The number of aromatic nitrogens is 5. The summed E-state index contributed by atoms with van der Waals surface area (Å²) in [4.78, 5) is 40.0. The highest BCUT2D eigenvalue weighted by Gasteiger charge is 2.45. The fraction of sp³-hybridized carbons (Fsp3) is 0.333. The van der Waals surface area contributed by atoms with E-state index in [0.717, 1.165) is 9.65 Å². The van der Waals surface area contributed by atoms with Crippen LogP contribution in [0.25, 0.3) is 33.7 Å². The molecule has 0 aliphatic heterocycles. The first kappa shape index (κ1) is 39.9. The molecule has 0 aliphatic rings. The maximum Gasteiger partial charge on any atom is 0.413 e. The number of nitrogens with zero attached hydrogens (tertiary/aromatic N) is 5. The van der Waals surface area contributed by atoms with Crippen molar-refractivity contribution in [1.82, 2.24) is 29.5 Å². The Morgan fingerprint density at radius 1 is 1.00 bits per heavy atom. The number of pyridine rings is 1. The van der Waals surface area contributed by atoms with Crippen molar-refractivity contribution >= 4 is 50.5 Å². The van der Waals surface area contributed by atoms with E-state index in [0.29, 0.717) is 34.7 Å². The molecule has 0 aliphatic carbocycles. The van der Waals surface area contributed by atoms with E-state index in [1.54, 1.807) is 65.0 Å². The van der Waals surface area contributed by atoms with Gasteiger partial charge in [0.05, 0.1) is 40.0 Å². The number of anilines is 1. The Morgan fingerprint density at radius 2 is 1.73 bits per heavy atom. The van der Waals surface area contributed by atoms with E-state index in [1.165, 1.54) is 35.9 Å². The third-order valence-electron chi connectivity index (χ3n) is 9.13. The first-order valence-electron chi connectivity index (χ1n) is 17.6. The van der Waals surface area contributed by atoms with E-state index in [-0.39, 0.29) is 39.9 Å². The number of thiophene rings is 1. The molecule has 5 aromatic heterocycles. The summed E-state index contributed by atoms with van der Waals surface area (Å²) in [5.41, 5.74) is 0.332. The SMILES string of the molecule is Cc1occc1-c1nc(NC(=O)OC(C)(C)C)c(OC[C@@](Cc2ccsc2)(NC(=O)O)C(C)(C)C)cc1-c1cnc2c(n1)c(C)nn2S(=O)(=O)c1ccccc1. The zero-order chi connectivity index (χ0) is 40.6. The number of carbonyl (C=O) groups is 2. The lowest BCUT2D eigenvalue weighted by molar-refractivity contribution is 0.0629. The summed E-state index contributed by atoms with van der Waals surface area (Å²) in [7, 11) is -4.11. The molecular weight excluding hydrogens is 759 g/mol. The van der Waals surface area contributed by atoms with E-state index in [2.05, 4.69) is 20.7 Å². The van der Waals surface area contributed by atoms with Gasteiger partial charge in [-0.15, -0.1) is 4.09 Å². The second-order valence-electron chi connectivity index (χ2n) is 15.3. The van der Waals surface area contributed by atoms with Crippen molar-refractivity contribution in [3.8, 4) is 28.3 Å². The molecule has 2 amide bonds. The summed E-state index contributed by atoms with van der Waals surface area (Å²) in [6, 6.07) is 13.2. The van der Waals surface area contributed by atoms with Crippen LogP contribution in [0.5, 0.6) is 5.75 Å². The van der Waals surface area contributed by atoms with Crippen LogP contribution in [-0.2, 0) is 21.2 Å².